The van der Waals surface area contributed by atoms with Crippen molar-refractivity contribution in [2.45, 2.75) is 66.0 Å². The number of nitrogens with zero attached hydrogens (tertiary/aromatic N) is 1. The number of amides is 1. The van der Waals surface area contributed by atoms with Crippen molar-refractivity contribution in [2.24, 2.45) is 5.92 Å². The Kier molecular flexibility index (Phi) is 8.04. The maximum atomic E-state index is 11.8. The molecule has 5 heteroatoms. The molecule has 27 heavy (non-hydrogen) atoms. The van der Waals surface area contributed by atoms with Crippen molar-refractivity contribution < 1.29 is 9.32 Å². The molecule has 1 heterocycles. The first-order chi connectivity index (χ1) is 12.9. The summed E-state index contributed by atoms with van der Waals surface area (Å²) >= 11 is 0. The monoisotopic (exact) mass is 371 g/mol. The Morgan fingerprint density at radius 2 is 1.89 bits per heavy atom. The number of rotatable bonds is 10. The summed E-state index contributed by atoms with van der Waals surface area (Å²) in [5, 5.41) is 10.5. The Balaban J connectivity index is 1.84. The van der Waals surface area contributed by atoms with E-state index in [1.807, 2.05) is 26.8 Å². The second-order valence-electron chi connectivity index (χ2n) is 7.66. The van der Waals surface area contributed by atoms with Crippen molar-refractivity contribution in [1.82, 2.24) is 15.8 Å². The van der Waals surface area contributed by atoms with E-state index in [4.69, 9.17) is 4.52 Å². The van der Waals surface area contributed by atoms with Crippen LogP contribution >= 0.6 is 0 Å². The molecule has 5 nitrogen and oxygen atoms in total. The molecular weight excluding hydrogens is 338 g/mol. The number of benzene rings is 1. The lowest BCUT2D eigenvalue weighted by molar-refractivity contribution is -0.124. The molecule has 0 aliphatic carbocycles. The van der Waals surface area contributed by atoms with Crippen molar-refractivity contribution in [2.75, 3.05) is 6.54 Å². The minimum absolute atomic E-state index is 0.0278. The fraction of sp³-hybridized carbons (Fsp3) is 0.545. The summed E-state index contributed by atoms with van der Waals surface area (Å²) in [6, 6.07) is 11.1. The average molecular weight is 372 g/mol. The van der Waals surface area contributed by atoms with Gasteiger partial charge in [0.1, 0.15) is 5.76 Å². The molecule has 1 aromatic carbocycles. The Morgan fingerprint density at radius 1 is 1.19 bits per heavy atom. The van der Waals surface area contributed by atoms with Crippen LogP contribution in [0.25, 0.3) is 0 Å². The Labute approximate surface area is 162 Å². The molecule has 2 rings (SSSR count). The lowest BCUT2D eigenvalue weighted by Gasteiger charge is -2.18. The number of hydrogen-bond donors (Lipinski definition) is 2. The topological polar surface area (TPSA) is 67.2 Å². The van der Waals surface area contributed by atoms with E-state index in [0.717, 1.165) is 24.3 Å². The summed E-state index contributed by atoms with van der Waals surface area (Å²) in [6.45, 7) is 11.5. The van der Waals surface area contributed by atoms with E-state index in [-0.39, 0.29) is 11.8 Å². The van der Waals surface area contributed by atoms with Crippen molar-refractivity contribution >= 4 is 5.91 Å². The Bertz CT molecular complexity index is 707. The lowest BCUT2D eigenvalue weighted by Crippen LogP contribution is -2.31. The van der Waals surface area contributed by atoms with Gasteiger partial charge in [0.15, 0.2) is 0 Å². The molecule has 0 saturated carbocycles. The quantitative estimate of drug-likeness (QED) is 0.663. The third kappa shape index (κ3) is 6.83. The molecule has 0 fully saturated rings. The van der Waals surface area contributed by atoms with Gasteiger partial charge < -0.3 is 15.2 Å². The fourth-order valence-corrected chi connectivity index (χ4v) is 3.06. The highest BCUT2D eigenvalue weighted by Crippen LogP contribution is 2.20. The van der Waals surface area contributed by atoms with Crippen LogP contribution in [0, 0.1) is 12.8 Å². The molecule has 0 aliphatic heterocycles. The first-order valence-corrected chi connectivity index (χ1v) is 9.91. The van der Waals surface area contributed by atoms with Crippen molar-refractivity contribution in [3.8, 4) is 0 Å². The normalized spacial score (nSPS) is 13.6. The zero-order valence-corrected chi connectivity index (χ0v) is 17.2. The number of aryl methyl sites for hydroxylation is 1. The third-order valence-electron chi connectivity index (χ3n) is 4.84. The molecule has 0 aliphatic rings. The van der Waals surface area contributed by atoms with Crippen LogP contribution in [0.3, 0.4) is 0 Å². The van der Waals surface area contributed by atoms with Crippen LogP contribution in [0.2, 0.25) is 0 Å². The van der Waals surface area contributed by atoms with E-state index in [1.165, 1.54) is 11.1 Å². The smallest absolute Gasteiger partial charge is 0.222 e. The van der Waals surface area contributed by atoms with Gasteiger partial charge in [0.05, 0.1) is 5.69 Å². The van der Waals surface area contributed by atoms with Gasteiger partial charge in [0, 0.05) is 37.0 Å². The summed E-state index contributed by atoms with van der Waals surface area (Å²) in [5.41, 5.74) is 3.52. The zero-order chi connectivity index (χ0) is 19.8. The molecule has 0 saturated heterocycles. The van der Waals surface area contributed by atoms with Crippen LogP contribution in [0.5, 0.6) is 0 Å². The highest BCUT2D eigenvalue weighted by molar-refractivity contribution is 5.77. The summed E-state index contributed by atoms with van der Waals surface area (Å²) in [6.07, 6.45) is 1.96. The van der Waals surface area contributed by atoms with E-state index in [9.17, 15) is 4.79 Å². The fourth-order valence-electron chi connectivity index (χ4n) is 3.06. The molecule has 148 valence electrons. The summed E-state index contributed by atoms with van der Waals surface area (Å²) in [7, 11) is 0. The molecule has 2 N–H and O–H groups in total. The molecule has 0 bridgehead atoms. The largest absolute Gasteiger partial charge is 0.361 e. The molecular formula is C22H33N3O2. The number of aromatic nitrogens is 1. The SMILES string of the molecule is CCC(CNC(=O)C(C)C)c1ccc(CC(C)NCc2cc(C)on2)cc1. The Morgan fingerprint density at radius 3 is 2.44 bits per heavy atom. The van der Waals surface area contributed by atoms with E-state index < -0.39 is 0 Å². The molecule has 1 amide bonds. The van der Waals surface area contributed by atoms with Crippen LogP contribution in [-0.4, -0.2) is 23.7 Å². The molecule has 2 unspecified atom stereocenters. The van der Waals surface area contributed by atoms with Crippen LogP contribution < -0.4 is 10.6 Å². The van der Waals surface area contributed by atoms with Crippen molar-refractivity contribution in [3.63, 3.8) is 0 Å². The lowest BCUT2D eigenvalue weighted by atomic mass is 9.94. The standard InChI is InChI=1S/C22H33N3O2/c1-6-19(13-24-22(26)15(2)3)20-9-7-18(8-10-20)11-16(4)23-14-21-12-17(5)27-25-21/h7-10,12,15-16,19,23H,6,11,13-14H2,1-5H3,(H,24,26). The number of carbonyl (C=O) groups is 1. The molecule has 2 atom stereocenters. The van der Waals surface area contributed by atoms with Gasteiger partial charge in [-0.2, -0.15) is 0 Å². The van der Waals surface area contributed by atoms with Crippen LogP contribution in [0.15, 0.2) is 34.9 Å². The number of carbonyl (C=O) groups excluding carboxylic acids is 1. The van der Waals surface area contributed by atoms with Gasteiger partial charge in [-0.3, -0.25) is 4.79 Å². The van der Waals surface area contributed by atoms with E-state index in [2.05, 4.69) is 53.9 Å². The van der Waals surface area contributed by atoms with Crippen LogP contribution in [0.4, 0.5) is 0 Å². The molecule has 0 spiro atoms. The van der Waals surface area contributed by atoms with Gasteiger partial charge in [-0.15, -0.1) is 0 Å². The summed E-state index contributed by atoms with van der Waals surface area (Å²) < 4.78 is 5.09. The third-order valence-corrected chi connectivity index (χ3v) is 4.84. The summed E-state index contributed by atoms with van der Waals surface area (Å²) in [4.78, 5) is 11.8. The minimum atomic E-state index is 0.0278. The highest BCUT2D eigenvalue weighted by Gasteiger charge is 2.13. The molecule has 2 aromatic rings. The van der Waals surface area contributed by atoms with Crippen molar-refractivity contribution in [1.29, 1.82) is 0 Å². The first-order valence-electron chi connectivity index (χ1n) is 9.91. The number of hydrogen-bond acceptors (Lipinski definition) is 4. The second-order valence-corrected chi connectivity index (χ2v) is 7.66. The van der Waals surface area contributed by atoms with E-state index >= 15 is 0 Å². The van der Waals surface area contributed by atoms with Gasteiger partial charge in [-0.1, -0.05) is 50.2 Å². The average Bonchev–Trinajstić information content (AvgIpc) is 3.07. The van der Waals surface area contributed by atoms with Gasteiger partial charge in [-0.25, -0.2) is 0 Å². The zero-order valence-electron chi connectivity index (χ0n) is 17.2. The second kappa shape index (κ2) is 10.3. The minimum Gasteiger partial charge on any atom is -0.361 e. The van der Waals surface area contributed by atoms with Gasteiger partial charge in [0.2, 0.25) is 5.91 Å². The molecule has 0 radical (unpaired) electrons. The predicted octanol–water partition coefficient (Wildman–Crippen LogP) is 3.97. The Hall–Kier alpha value is -2.14. The van der Waals surface area contributed by atoms with E-state index in [1.54, 1.807) is 0 Å². The van der Waals surface area contributed by atoms with Gasteiger partial charge >= 0.3 is 0 Å². The van der Waals surface area contributed by atoms with Gasteiger partial charge in [0.25, 0.3) is 0 Å². The van der Waals surface area contributed by atoms with E-state index in [0.29, 0.717) is 25.0 Å². The predicted molar refractivity (Wildman–Crippen MR) is 109 cm³/mol. The maximum Gasteiger partial charge on any atom is 0.222 e. The number of nitrogens with one attached hydrogen (secondary N) is 2. The highest BCUT2D eigenvalue weighted by atomic mass is 16.5. The first kappa shape index (κ1) is 21.2. The summed E-state index contributed by atoms with van der Waals surface area (Å²) in [5.74, 6) is 1.34. The molecule has 1 aromatic heterocycles. The van der Waals surface area contributed by atoms with Crippen LogP contribution in [0.1, 0.15) is 62.6 Å². The van der Waals surface area contributed by atoms with Crippen LogP contribution in [-0.2, 0) is 17.8 Å². The van der Waals surface area contributed by atoms with Gasteiger partial charge in [-0.05, 0) is 37.8 Å². The van der Waals surface area contributed by atoms with Crippen molar-refractivity contribution in [3.05, 3.63) is 52.9 Å². The maximum absolute atomic E-state index is 11.8.